The van der Waals surface area contributed by atoms with Crippen LogP contribution in [0.3, 0.4) is 0 Å². The second-order valence-corrected chi connectivity index (χ2v) is 7.52. The van der Waals surface area contributed by atoms with Gasteiger partial charge in [0.1, 0.15) is 6.61 Å². The first-order valence-electron chi connectivity index (χ1n) is 7.06. The molecule has 6 nitrogen and oxygen atoms in total. The van der Waals surface area contributed by atoms with Crippen LogP contribution in [0.1, 0.15) is 24.8 Å². The van der Waals surface area contributed by atoms with Gasteiger partial charge in [0, 0.05) is 18.1 Å². The van der Waals surface area contributed by atoms with Gasteiger partial charge < -0.3 is 10.5 Å². The van der Waals surface area contributed by atoms with E-state index < -0.39 is 15.9 Å². The Hall–Kier alpha value is -1.15. The molecule has 8 heteroatoms. The monoisotopic (exact) mass is 346 g/mol. The number of primary amides is 1. The SMILES string of the molecule is NC(=O)COCc1cc(S(=O)(=O)N2CCCCC2)ccc1Cl. The number of piperidine rings is 1. The van der Waals surface area contributed by atoms with Crippen LogP contribution >= 0.6 is 11.6 Å². The fourth-order valence-electron chi connectivity index (χ4n) is 2.34. The maximum absolute atomic E-state index is 12.6. The molecule has 122 valence electrons. The Kier molecular flexibility index (Phi) is 5.80. The Morgan fingerprint density at radius 1 is 1.27 bits per heavy atom. The zero-order valence-corrected chi connectivity index (χ0v) is 13.7. The highest BCUT2D eigenvalue weighted by Crippen LogP contribution is 2.25. The lowest BCUT2D eigenvalue weighted by Crippen LogP contribution is -2.35. The first kappa shape index (κ1) is 17.2. The molecule has 22 heavy (non-hydrogen) atoms. The number of rotatable bonds is 6. The molecule has 0 atom stereocenters. The van der Waals surface area contributed by atoms with Crippen LogP contribution in [0.15, 0.2) is 23.1 Å². The number of halogens is 1. The number of hydrogen-bond donors (Lipinski definition) is 1. The van der Waals surface area contributed by atoms with Crippen molar-refractivity contribution >= 4 is 27.5 Å². The molecule has 1 aromatic carbocycles. The molecular formula is C14H19ClN2O4S. The minimum Gasteiger partial charge on any atom is -0.368 e. The van der Waals surface area contributed by atoms with Crippen molar-refractivity contribution in [2.45, 2.75) is 30.8 Å². The molecule has 2 rings (SSSR count). The van der Waals surface area contributed by atoms with E-state index in [-0.39, 0.29) is 18.1 Å². The summed E-state index contributed by atoms with van der Waals surface area (Å²) in [6.07, 6.45) is 2.81. The summed E-state index contributed by atoms with van der Waals surface area (Å²) in [5.74, 6) is -0.590. The molecule has 0 bridgehead atoms. The van der Waals surface area contributed by atoms with Gasteiger partial charge in [-0.25, -0.2) is 8.42 Å². The predicted molar refractivity (Wildman–Crippen MR) is 82.9 cm³/mol. The third-order valence-corrected chi connectivity index (χ3v) is 5.74. The van der Waals surface area contributed by atoms with Gasteiger partial charge in [-0.1, -0.05) is 18.0 Å². The number of sulfonamides is 1. The molecule has 1 aromatic rings. The fraction of sp³-hybridized carbons (Fsp3) is 0.500. The number of carbonyl (C=O) groups is 1. The highest BCUT2D eigenvalue weighted by atomic mass is 35.5. The van der Waals surface area contributed by atoms with Gasteiger partial charge in [-0.2, -0.15) is 4.31 Å². The summed E-state index contributed by atoms with van der Waals surface area (Å²) < 4.78 is 31.8. The van der Waals surface area contributed by atoms with Crippen molar-refractivity contribution in [2.24, 2.45) is 5.73 Å². The average molecular weight is 347 g/mol. The molecule has 1 fully saturated rings. The van der Waals surface area contributed by atoms with Gasteiger partial charge in [0.2, 0.25) is 15.9 Å². The highest BCUT2D eigenvalue weighted by molar-refractivity contribution is 7.89. The summed E-state index contributed by atoms with van der Waals surface area (Å²) in [7, 11) is -3.52. The van der Waals surface area contributed by atoms with E-state index in [1.807, 2.05) is 0 Å². The number of ether oxygens (including phenoxy) is 1. The minimum atomic E-state index is -3.52. The molecule has 0 radical (unpaired) electrons. The first-order chi connectivity index (χ1) is 10.4. The van der Waals surface area contributed by atoms with Crippen LogP contribution in [-0.4, -0.2) is 38.3 Å². The quantitative estimate of drug-likeness (QED) is 0.845. The van der Waals surface area contributed by atoms with Gasteiger partial charge in [0.05, 0.1) is 11.5 Å². The van der Waals surface area contributed by atoms with E-state index in [9.17, 15) is 13.2 Å². The molecule has 0 spiro atoms. The molecular weight excluding hydrogens is 328 g/mol. The largest absolute Gasteiger partial charge is 0.368 e. The predicted octanol–water partition coefficient (Wildman–Crippen LogP) is 1.52. The maximum atomic E-state index is 12.6. The van der Waals surface area contributed by atoms with E-state index in [1.165, 1.54) is 22.5 Å². The van der Waals surface area contributed by atoms with Crippen molar-refractivity contribution in [3.63, 3.8) is 0 Å². The number of carbonyl (C=O) groups excluding carboxylic acids is 1. The smallest absolute Gasteiger partial charge is 0.243 e. The zero-order valence-electron chi connectivity index (χ0n) is 12.1. The summed E-state index contributed by atoms with van der Waals surface area (Å²) in [6, 6.07) is 4.51. The third kappa shape index (κ3) is 4.19. The lowest BCUT2D eigenvalue weighted by atomic mass is 10.2. The Morgan fingerprint density at radius 2 is 1.95 bits per heavy atom. The second kappa shape index (κ2) is 7.41. The molecule has 0 aliphatic carbocycles. The van der Waals surface area contributed by atoms with E-state index in [2.05, 4.69) is 0 Å². The normalized spacial score (nSPS) is 16.6. The van der Waals surface area contributed by atoms with E-state index in [4.69, 9.17) is 22.1 Å². The van der Waals surface area contributed by atoms with Gasteiger partial charge in [-0.15, -0.1) is 0 Å². The van der Waals surface area contributed by atoms with Gasteiger partial charge in [0.15, 0.2) is 0 Å². The van der Waals surface area contributed by atoms with Crippen molar-refractivity contribution < 1.29 is 17.9 Å². The number of hydrogen-bond acceptors (Lipinski definition) is 4. The standard InChI is InChI=1S/C14H19ClN2O4S/c15-13-5-4-12(8-11(13)9-21-10-14(16)18)22(19,20)17-6-2-1-3-7-17/h4-5,8H,1-3,6-7,9-10H2,(H2,16,18). The topological polar surface area (TPSA) is 89.7 Å². The summed E-state index contributed by atoms with van der Waals surface area (Å²) in [5, 5.41) is 0.391. The molecule has 1 heterocycles. The van der Waals surface area contributed by atoms with Crippen molar-refractivity contribution in [1.29, 1.82) is 0 Å². The summed E-state index contributed by atoms with van der Waals surface area (Å²) in [6.45, 7) is 0.876. The summed E-state index contributed by atoms with van der Waals surface area (Å²) in [4.78, 5) is 10.9. The number of nitrogens with two attached hydrogens (primary N) is 1. The molecule has 2 N–H and O–H groups in total. The van der Waals surface area contributed by atoms with E-state index >= 15 is 0 Å². The third-order valence-electron chi connectivity index (χ3n) is 3.47. The minimum absolute atomic E-state index is 0.0329. The van der Waals surface area contributed by atoms with Gasteiger partial charge >= 0.3 is 0 Å². The first-order valence-corrected chi connectivity index (χ1v) is 8.87. The van der Waals surface area contributed by atoms with Crippen molar-refractivity contribution in [2.75, 3.05) is 19.7 Å². The molecule has 1 saturated heterocycles. The van der Waals surface area contributed by atoms with Crippen LogP contribution in [0.4, 0.5) is 0 Å². The van der Waals surface area contributed by atoms with E-state index in [0.717, 1.165) is 19.3 Å². The Balaban J connectivity index is 2.18. The highest BCUT2D eigenvalue weighted by Gasteiger charge is 2.26. The molecule has 0 unspecified atom stereocenters. The fourth-order valence-corrected chi connectivity index (χ4v) is 4.08. The molecule has 1 aliphatic rings. The molecule has 1 amide bonds. The summed E-state index contributed by atoms with van der Waals surface area (Å²) >= 11 is 6.04. The Labute approximate surface area is 135 Å². The second-order valence-electron chi connectivity index (χ2n) is 5.18. The summed E-state index contributed by atoms with van der Waals surface area (Å²) in [5.41, 5.74) is 5.51. The van der Waals surface area contributed by atoms with Crippen LogP contribution in [0.2, 0.25) is 5.02 Å². The maximum Gasteiger partial charge on any atom is 0.243 e. The van der Waals surface area contributed by atoms with E-state index in [0.29, 0.717) is 23.7 Å². The number of nitrogens with zero attached hydrogens (tertiary/aromatic N) is 1. The lowest BCUT2D eigenvalue weighted by molar-refractivity contribution is -0.122. The Morgan fingerprint density at radius 3 is 2.59 bits per heavy atom. The lowest BCUT2D eigenvalue weighted by Gasteiger charge is -2.26. The number of benzene rings is 1. The van der Waals surface area contributed by atoms with Crippen molar-refractivity contribution in [1.82, 2.24) is 4.31 Å². The van der Waals surface area contributed by atoms with E-state index in [1.54, 1.807) is 0 Å². The average Bonchev–Trinajstić information content (AvgIpc) is 2.49. The van der Waals surface area contributed by atoms with Gasteiger partial charge in [-0.05, 0) is 36.6 Å². The van der Waals surface area contributed by atoms with Gasteiger partial charge in [0.25, 0.3) is 0 Å². The van der Waals surface area contributed by atoms with Crippen LogP contribution in [0.5, 0.6) is 0 Å². The Bertz CT molecular complexity index is 642. The number of amides is 1. The van der Waals surface area contributed by atoms with Crippen molar-refractivity contribution in [3.05, 3.63) is 28.8 Å². The molecule has 1 aliphatic heterocycles. The zero-order chi connectivity index (χ0) is 16.2. The van der Waals surface area contributed by atoms with Crippen molar-refractivity contribution in [3.8, 4) is 0 Å². The van der Waals surface area contributed by atoms with Crippen LogP contribution < -0.4 is 5.73 Å². The van der Waals surface area contributed by atoms with Crippen LogP contribution in [0, 0.1) is 0 Å². The van der Waals surface area contributed by atoms with Crippen LogP contribution in [-0.2, 0) is 26.2 Å². The molecule has 0 aromatic heterocycles. The molecule has 0 saturated carbocycles. The van der Waals surface area contributed by atoms with Gasteiger partial charge in [-0.3, -0.25) is 4.79 Å². The van der Waals surface area contributed by atoms with Crippen LogP contribution in [0.25, 0.3) is 0 Å².